The number of rotatable bonds is 0. The Morgan fingerprint density at radius 3 is 2.18 bits per heavy atom. The summed E-state index contributed by atoms with van der Waals surface area (Å²) in [6.45, 7) is 2.86. The Morgan fingerprint density at radius 2 is 1.47 bits per heavy atom. The predicted molar refractivity (Wildman–Crippen MR) is 72.8 cm³/mol. The fourth-order valence-electron chi connectivity index (χ4n) is 4.85. The largest absolute Gasteiger partial charge is 0.328 e. The third-order valence-corrected chi connectivity index (χ3v) is 6.30. The van der Waals surface area contributed by atoms with Crippen LogP contribution in [0.1, 0.15) is 57.8 Å². The van der Waals surface area contributed by atoms with Crippen LogP contribution in [-0.4, -0.2) is 31.7 Å². The van der Waals surface area contributed by atoms with Gasteiger partial charge in [-0.25, -0.2) is 0 Å². The Labute approximate surface area is 107 Å². The van der Waals surface area contributed by atoms with Crippen molar-refractivity contribution in [1.82, 2.24) is 0 Å². The predicted octanol–water partition coefficient (Wildman–Crippen LogP) is 3.83. The Bertz CT molecular complexity index is 271. The summed E-state index contributed by atoms with van der Waals surface area (Å²) < 4.78 is 1.27. The molecule has 2 unspecified atom stereocenters. The van der Waals surface area contributed by atoms with Gasteiger partial charge < -0.3 is 4.48 Å². The van der Waals surface area contributed by atoms with Crippen LogP contribution in [0.25, 0.3) is 0 Å². The molecule has 2 atom stereocenters. The van der Waals surface area contributed by atoms with Crippen molar-refractivity contribution in [2.45, 2.75) is 57.8 Å². The second-order valence-electron chi connectivity index (χ2n) is 7.93. The van der Waals surface area contributed by atoms with Crippen molar-refractivity contribution in [1.29, 1.82) is 0 Å². The Kier molecular flexibility index (Phi) is 3.01. The topological polar surface area (TPSA) is 0 Å². The minimum Gasteiger partial charge on any atom is -0.328 e. The maximum atomic E-state index is 2.42. The molecule has 1 heteroatoms. The molecule has 0 N–H and O–H groups in total. The lowest BCUT2D eigenvalue weighted by Gasteiger charge is -2.51. The molecule has 2 saturated carbocycles. The summed E-state index contributed by atoms with van der Waals surface area (Å²) in [5, 5.41) is 0. The molecule has 1 nitrogen and oxygen atoms in total. The lowest BCUT2D eigenvalue weighted by molar-refractivity contribution is -0.897. The summed E-state index contributed by atoms with van der Waals surface area (Å²) in [5.41, 5.74) is 0.784. The minimum atomic E-state index is 0.784. The number of fused-ring (bicyclic) bond motifs is 1. The van der Waals surface area contributed by atoms with Crippen LogP contribution in [0, 0.1) is 17.3 Å². The molecule has 0 aromatic heterocycles. The second kappa shape index (κ2) is 4.26. The van der Waals surface area contributed by atoms with Gasteiger partial charge in [0.25, 0.3) is 0 Å². The lowest BCUT2D eigenvalue weighted by atomic mass is 9.58. The first-order valence-corrected chi connectivity index (χ1v) is 7.91. The molecule has 1 spiro atoms. The van der Waals surface area contributed by atoms with E-state index in [0.717, 1.165) is 17.3 Å². The zero-order valence-corrected chi connectivity index (χ0v) is 11.9. The Hall–Kier alpha value is -0.0400. The lowest BCUT2D eigenvalue weighted by Crippen LogP contribution is -2.51. The van der Waals surface area contributed by atoms with Crippen molar-refractivity contribution < 1.29 is 4.48 Å². The van der Waals surface area contributed by atoms with Crippen LogP contribution < -0.4 is 0 Å². The van der Waals surface area contributed by atoms with E-state index in [1.165, 1.54) is 43.3 Å². The van der Waals surface area contributed by atoms with Gasteiger partial charge in [0.05, 0.1) is 27.2 Å². The van der Waals surface area contributed by atoms with Crippen molar-refractivity contribution in [2.75, 3.05) is 27.2 Å². The van der Waals surface area contributed by atoms with E-state index in [1.807, 2.05) is 0 Å². The third-order valence-electron chi connectivity index (χ3n) is 6.30. The van der Waals surface area contributed by atoms with Gasteiger partial charge in [-0.3, -0.25) is 0 Å². The zero-order valence-electron chi connectivity index (χ0n) is 11.9. The highest BCUT2D eigenvalue weighted by Crippen LogP contribution is 2.52. The van der Waals surface area contributed by atoms with E-state index in [4.69, 9.17) is 0 Å². The number of piperidine rings is 1. The zero-order chi connectivity index (χ0) is 11.9. The summed E-state index contributed by atoms with van der Waals surface area (Å²) in [7, 11) is 4.83. The molecule has 3 rings (SSSR count). The van der Waals surface area contributed by atoms with E-state index < -0.39 is 0 Å². The first-order chi connectivity index (χ1) is 8.09. The van der Waals surface area contributed by atoms with Crippen molar-refractivity contribution in [3.63, 3.8) is 0 Å². The van der Waals surface area contributed by atoms with Crippen molar-refractivity contribution >= 4 is 0 Å². The second-order valence-corrected chi connectivity index (χ2v) is 7.93. The number of nitrogens with zero attached hydrogens (tertiary/aromatic N) is 1. The van der Waals surface area contributed by atoms with E-state index in [2.05, 4.69) is 14.1 Å². The van der Waals surface area contributed by atoms with E-state index in [9.17, 15) is 0 Å². The summed E-state index contributed by atoms with van der Waals surface area (Å²) in [5.74, 6) is 2.24. The van der Waals surface area contributed by atoms with Gasteiger partial charge in [0, 0.05) is 12.8 Å². The smallest absolute Gasteiger partial charge is 0.0787 e. The van der Waals surface area contributed by atoms with E-state index in [0.29, 0.717) is 0 Å². The monoisotopic (exact) mass is 236 g/mol. The first kappa shape index (κ1) is 12.0. The molecule has 2 aliphatic carbocycles. The van der Waals surface area contributed by atoms with Crippen molar-refractivity contribution in [2.24, 2.45) is 17.3 Å². The first-order valence-electron chi connectivity index (χ1n) is 7.91. The van der Waals surface area contributed by atoms with Gasteiger partial charge in [-0.05, 0) is 36.5 Å². The number of likely N-dealkylation sites (tertiary alicyclic amines) is 1. The van der Waals surface area contributed by atoms with E-state index in [1.54, 1.807) is 32.1 Å². The van der Waals surface area contributed by atoms with Gasteiger partial charge in [-0.15, -0.1) is 0 Å². The normalized spacial score (nSPS) is 39.9. The third kappa shape index (κ3) is 2.41. The van der Waals surface area contributed by atoms with Gasteiger partial charge in [-0.2, -0.15) is 0 Å². The van der Waals surface area contributed by atoms with Gasteiger partial charge in [-0.1, -0.05) is 25.7 Å². The molecular weight excluding hydrogens is 206 g/mol. The Morgan fingerprint density at radius 1 is 0.824 bits per heavy atom. The molecule has 3 fully saturated rings. The number of hydrogen-bond donors (Lipinski definition) is 0. The summed E-state index contributed by atoms with van der Waals surface area (Å²) in [6.07, 6.45) is 13.9. The van der Waals surface area contributed by atoms with Crippen LogP contribution >= 0.6 is 0 Å². The van der Waals surface area contributed by atoms with Crippen LogP contribution in [0.3, 0.4) is 0 Å². The molecule has 1 aliphatic heterocycles. The molecule has 98 valence electrons. The average Bonchev–Trinajstić information content (AvgIpc) is 2.34. The van der Waals surface area contributed by atoms with Gasteiger partial charge >= 0.3 is 0 Å². The minimum absolute atomic E-state index is 0.784. The molecule has 0 radical (unpaired) electrons. The fourth-order valence-corrected chi connectivity index (χ4v) is 4.85. The highest BCUT2D eigenvalue weighted by Gasteiger charge is 2.45. The SMILES string of the molecule is C[N+]1(C)CCC2(CCC3CCCCC3C2)CC1. The maximum Gasteiger partial charge on any atom is 0.0787 e. The molecule has 1 saturated heterocycles. The summed E-state index contributed by atoms with van der Waals surface area (Å²) in [4.78, 5) is 0. The number of quaternary nitrogens is 1. The molecule has 0 aromatic rings. The van der Waals surface area contributed by atoms with Gasteiger partial charge in [0.2, 0.25) is 0 Å². The van der Waals surface area contributed by atoms with Crippen molar-refractivity contribution in [3.8, 4) is 0 Å². The molecule has 0 aromatic carbocycles. The van der Waals surface area contributed by atoms with Gasteiger partial charge in [0.15, 0.2) is 0 Å². The van der Waals surface area contributed by atoms with Crippen LogP contribution in [0.2, 0.25) is 0 Å². The highest BCUT2D eigenvalue weighted by molar-refractivity contribution is 4.92. The summed E-state index contributed by atoms with van der Waals surface area (Å²) in [6, 6.07) is 0. The fraction of sp³-hybridized carbons (Fsp3) is 1.00. The molecular formula is C16H30N+. The Balaban J connectivity index is 1.65. The van der Waals surface area contributed by atoms with Crippen molar-refractivity contribution in [3.05, 3.63) is 0 Å². The van der Waals surface area contributed by atoms with Crippen LogP contribution in [0.4, 0.5) is 0 Å². The quantitative estimate of drug-likeness (QED) is 0.561. The molecule has 0 amide bonds. The average molecular weight is 236 g/mol. The van der Waals surface area contributed by atoms with E-state index in [-0.39, 0.29) is 0 Å². The van der Waals surface area contributed by atoms with Gasteiger partial charge in [0.1, 0.15) is 0 Å². The van der Waals surface area contributed by atoms with Crippen LogP contribution in [-0.2, 0) is 0 Å². The van der Waals surface area contributed by atoms with Crippen LogP contribution in [0.5, 0.6) is 0 Å². The molecule has 3 aliphatic rings. The van der Waals surface area contributed by atoms with E-state index >= 15 is 0 Å². The molecule has 0 bridgehead atoms. The highest BCUT2D eigenvalue weighted by atomic mass is 15.3. The number of hydrogen-bond acceptors (Lipinski definition) is 0. The molecule has 1 heterocycles. The summed E-state index contributed by atoms with van der Waals surface area (Å²) >= 11 is 0. The standard InChI is InChI=1S/C16H30N/c1-17(2)11-9-16(10-12-17)8-7-14-5-3-4-6-15(14)13-16/h14-15H,3-13H2,1-2H3/q+1. The molecule has 17 heavy (non-hydrogen) atoms. The van der Waals surface area contributed by atoms with Crippen LogP contribution in [0.15, 0.2) is 0 Å². The maximum absolute atomic E-state index is 2.42.